The Hall–Kier alpha value is -3.81. The molecule has 2 aromatic carbocycles. The molecule has 0 bridgehead atoms. The Bertz CT molecular complexity index is 1270. The molecular weight excluding hydrogens is 456 g/mol. The number of Topliss-reactive ketones (excluding diaryl/α,β-unsaturated/α-hetero) is 1. The van der Waals surface area contributed by atoms with E-state index in [9.17, 15) is 4.79 Å². The summed E-state index contributed by atoms with van der Waals surface area (Å²) in [5, 5.41) is 0. The number of carbonyl (C=O) groups excluding carboxylic acids is 1. The quantitative estimate of drug-likeness (QED) is 0.514. The molecule has 188 valence electrons. The van der Waals surface area contributed by atoms with Crippen molar-refractivity contribution in [2.75, 3.05) is 57.3 Å². The number of benzene rings is 2. The van der Waals surface area contributed by atoms with E-state index in [0.717, 1.165) is 66.1 Å². The summed E-state index contributed by atoms with van der Waals surface area (Å²) < 4.78 is 16.3. The average molecular weight is 489 g/mol. The topological polar surface area (TPSA) is 77.0 Å². The first-order valence-electron chi connectivity index (χ1n) is 12.3. The summed E-state index contributed by atoms with van der Waals surface area (Å²) in [6.07, 6.45) is 1.09. The number of nitrogens with zero attached hydrogens (tertiary/aromatic N) is 4. The van der Waals surface area contributed by atoms with E-state index in [-0.39, 0.29) is 11.7 Å². The smallest absolute Gasteiger partial charge is 0.225 e. The fourth-order valence-electron chi connectivity index (χ4n) is 5.25. The lowest BCUT2D eigenvalue weighted by molar-refractivity contribution is 0.0961. The lowest BCUT2D eigenvalue weighted by Gasteiger charge is -2.36. The molecule has 8 nitrogen and oxygen atoms in total. The van der Waals surface area contributed by atoms with E-state index in [0.29, 0.717) is 24.4 Å². The first kappa shape index (κ1) is 23.9. The van der Waals surface area contributed by atoms with Crippen molar-refractivity contribution < 1.29 is 19.0 Å². The van der Waals surface area contributed by atoms with Crippen LogP contribution in [-0.2, 0) is 6.42 Å². The van der Waals surface area contributed by atoms with Crippen LogP contribution >= 0.6 is 0 Å². The van der Waals surface area contributed by atoms with Crippen LogP contribution in [0, 0.1) is 6.92 Å². The van der Waals surface area contributed by atoms with Gasteiger partial charge in [0, 0.05) is 56.3 Å². The van der Waals surface area contributed by atoms with E-state index in [4.69, 9.17) is 24.2 Å². The largest absolute Gasteiger partial charge is 0.497 e. The van der Waals surface area contributed by atoms with Crippen molar-refractivity contribution in [3.8, 4) is 17.2 Å². The number of ether oxygens (including phenoxy) is 3. The van der Waals surface area contributed by atoms with Gasteiger partial charge in [-0.1, -0.05) is 12.1 Å². The van der Waals surface area contributed by atoms with Gasteiger partial charge in [-0.25, -0.2) is 9.97 Å². The molecule has 2 aliphatic rings. The first-order chi connectivity index (χ1) is 17.5. The standard InChI is InChI=1S/C28H32N4O4/c1-18-27-24(14-19(15-25(27)33)23-9-8-22(35-3)17-26(23)36-4)30-28(29-18)32-12-10-31(11-13-32)20-6-5-7-21(16-20)34-2/h5-9,16-17,19H,10-15H2,1-4H3/t19-/m1/s1. The minimum Gasteiger partial charge on any atom is -0.497 e. The first-order valence-corrected chi connectivity index (χ1v) is 12.3. The number of carbonyl (C=O) groups is 1. The van der Waals surface area contributed by atoms with Gasteiger partial charge in [0.25, 0.3) is 0 Å². The Kier molecular flexibility index (Phi) is 6.67. The minimum atomic E-state index is -0.00193. The zero-order valence-electron chi connectivity index (χ0n) is 21.3. The highest BCUT2D eigenvalue weighted by Crippen LogP contribution is 2.39. The molecule has 0 amide bonds. The van der Waals surface area contributed by atoms with E-state index in [1.54, 1.807) is 21.3 Å². The maximum Gasteiger partial charge on any atom is 0.225 e. The second-order valence-electron chi connectivity index (χ2n) is 9.24. The Morgan fingerprint density at radius 3 is 2.28 bits per heavy atom. The van der Waals surface area contributed by atoms with Crippen molar-refractivity contribution >= 4 is 17.4 Å². The summed E-state index contributed by atoms with van der Waals surface area (Å²) in [6.45, 7) is 5.25. The van der Waals surface area contributed by atoms with E-state index in [1.165, 1.54) is 0 Å². The summed E-state index contributed by atoms with van der Waals surface area (Å²) in [4.78, 5) is 27.4. The van der Waals surface area contributed by atoms with Gasteiger partial charge in [0.15, 0.2) is 5.78 Å². The van der Waals surface area contributed by atoms with Crippen LogP contribution in [0.4, 0.5) is 11.6 Å². The number of anilines is 2. The molecule has 3 aromatic rings. The van der Waals surface area contributed by atoms with Crippen LogP contribution in [0.15, 0.2) is 42.5 Å². The highest BCUT2D eigenvalue weighted by Gasteiger charge is 2.32. The fourth-order valence-corrected chi connectivity index (χ4v) is 5.25. The Morgan fingerprint density at radius 1 is 0.833 bits per heavy atom. The molecule has 0 radical (unpaired) electrons. The van der Waals surface area contributed by atoms with Crippen LogP contribution in [0.2, 0.25) is 0 Å². The molecule has 1 saturated heterocycles. The van der Waals surface area contributed by atoms with E-state index < -0.39 is 0 Å². The molecular formula is C28H32N4O4. The average Bonchev–Trinajstić information content (AvgIpc) is 2.92. The molecule has 0 N–H and O–H groups in total. The molecule has 0 saturated carbocycles. The number of rotatable bonds is 6. The van der Waals surface area contributed by atoms with Gasteiger partial charge >= 0.3 is 0 Å². The minimum absolute atomic E-state index is 0.00193. The van der Waals surface area contributed by atoms with Crippen LogP contribution in [-0.4, -0.2) is 63.3 Å². The number of fused-ring (bicyclic) bond motifs is 1. The summed E-state index contributed by atoms with van der Waals surface area (Å²) in [7, 11) is 4.96. The predicted molar refractivity (Wildman–Crippen MR) is 139 cm³/mol. The third kappa shape index (κ3) is 4.55. The normalized spacial score (nSPS) is 17.6. The van der Waals surface area contributed by atoms with E-state index >= 15 is 0 Å². The van der Waals surface area contributed by atoms with Crippen molar-refractivity contribution in [3.05, 3.63) is 65.0 Å². The van der Waals surface area contributed by atoms with Gasteiger partial charge in [-0.3, -0.25) is 4.79 Å². The molecule has 1 fully saturated rings. The molecule has 0 spiro atoms. The van der Waals surface area contributed by atoms with E-state index in [2.05, 4.69) is 21.9 Å². The number of methoxy groups -OCH3 is 3. The van der Waals surface area contributed by atoms with Gasteiger partial charge in [-0.15, -0.1) is 0 Å². The van der Waals surface area contributed by atoms with Crippen LogP contribution in [0.5, 0.6) is 17.2 Å². The Balaban J connectivity index is 1.36. The zero-order valence-corrected chi connectivity index (χ0v) is 21.3. The number of aromatic nitrogens is 2. The van der Waals surface area contributed by atoms with Crippen molar-refractivity contribution in [2.24, 2.45) is 0 Å². The van der Waals surface area contributed by atoms with Gasteiger partial charge in [-0.05, 0) is 37.1 Å². The summed E-state index contributed by atoms with van der Waals surface area (Å²) >= 11 is 0. The number of aryl methyl sites for hydroxylation is 1. The van der Waals surface area contributed by atoms with Crippen molar-refractivity contribution in [1.82, 2.24) is 9.97 Å². The molecule has 8 heteroatoms. The summed E-state index contributed by atoms with van der Waals surface area (Å²) in [6, 6.07) is 13.9. The number of hydrogen-bond acceptors (Lipinski definition) is 8. The molecule has 0 unspecified atom stereocenters. The third-order valence-corrected chi connectivity index (χ3v) is 7.16. The van der Waals surface area contributed by atoms with E-state index in [1.807, 2.05) is 37.3 Å². The second kappa shape index (κ2) is 10.0. The molecule has 1 aliphatic heterocycles. The monoisotopic (exact) mass is 488 g/mol. The van der Waals surface area contributed by atoms with Crippen LogP contribution in [0.25, 0.3) is 0 Å². The molecule has 1 aromatic heterocycles. The summed E-state index contributed by atoms with van der Waals surface area (Å²) in [5.74, 6) is 3.11. The maximum atomic E-state index is 13.2. The predicted octanol–water partition coefficient (Wildman–Crippen LogP) is 4.05. The van der Waals surface area contributed by atoms with Gasteiger partial charge in [-0.2, -0.15) is 0 Å². The molecule has 1 atom stereocenters. The van der Waals surface area contributed by atoms with Gasteiger partial charge in [0.05, 0.1) is 38.3 Å². The number of hydrogen-bond donors (Lipinski definition) is 0. The van der Waals surface area contributed by atoms with Crippen LogP contribution < -0.4 is 24.0 Å². The highest BCUT2D eigenvalue weighted by molar-refractivity contribution is 5.99. The van der Waals surface area contributed by atoms with Gasteiger partial charge < -0.3 is 24.0 Å². The van der Waals surface area contributed by atoms with Crippen LogP contribution in [0.3, 0.4) is 0 Å². The zero-order chi connectivity index (χ0) is 25.2. The molecule has 2 heterocycles. The number of piperazine rings is 1. The van der Waals surface area contributed by atoms with Crippen molar-refractivity contribution in [2.45, 2.75) is 25.7 Å². The summed E-state index contributed by atoms with van der Waals surface area (Å²) in [5.41, 5.74) is 4.42. The van der Waals surface area contributed by atoms with Crippen LogP contribution in [0.1, 0.15) is 39.6 Å². The van der Waals surface area contributed by atoms with Gasteiger partial charge in [0.2, 0.25) is 5.95 Å². The molecule has 1 aliphatic carbocycles. The number of ketones is 1. The Morgan fingerprint density at radius 2 is 1.56 bits per heavy atom. The van der Waals surface area contributed by atoms with Crippen molar-refractivity contribution in [1.29, 1.82) is 0 Å². The van der Waals surface area contributed by atoms with Crippen molar-refractivity contribution in [3.63, 3.8) is 0 Å². The lowest BCUT2D eigenvalue weighted by Crippen LogP contribution is -2.47. The van der Waals surface area contributed by atoms with Gasteiger partial charge in [0.1, 0.15) is 17.2 Å². The second-order valence-corrected chi connectivity index (χ2v) is 9.24. The molecule has 5 rings (SSSR count). The highest BCUT2D eigenvalue weighted by atomic mass is 16.5. The lowest BCUT2D eigenvalue weighted by atomic mass is 9.81. The fraction of sp³-hybridized carbons (Fsp3) is 0.393. The Labute approximate surface area is 211 Å². The SMILES string of the molecule is COc1cccc(N2CCN(c3nc(C)c4c(n3)C[C@@H](c3ccc(OC)cc3OC)CC4=O)CC2)c1. The maximum absolute atomic E-state index is 13.2. The molecule has 36 heavy (non-hydrogen) atoms. The third-order valence-electron chi connectivity index (χ3n) is 7.16.